The summed E-state index contributed by atoms with van der Waals surface area (Å²) < 4.78 is 10.8. The summed E-state index contributed by atoms with van der Waals surface area (Å²) in [6.45, 7) is 0.871. The predicted molar refractivity (Wildman–Crippen MR) is 85.4 cm³/mol. The van der Waals surface area contributed by atoms with E-state index in [-0.39, 0.29) is 0 Å². The Morgan fingerprint density at radius 3 is 2.71 bits per heavy atom. The quantitative estimate of drug-likeness (QED) is 0.888. The maximum absolute atomic E-state index is 5.48. The Morgan fingerprint density at radius 1 is 1.29 bits per heavy atom. The molecule has 0 amide bonds. The molecule has 1 aliphatic carbocycles. The first-order valence-electron chi connectivity index (χ1n) is 7.13. The Kier molecular flexibility index (Phi) is 4.12. The van der Waals surface area contributed by atoms with Gasteiger partial charge in [0.2, 0.25) is 0 Å². The molecule has 21 heavy (non-hydrogen) atoms. The monoisotopic (exact) mass is 304 g/mol. The highest BCUT2D eigenvalue weighted by Crippen LogP contribution is 2.45. The van der Waals surface area contributed by atoms with Crippen LogP contribution in [-0.2, 0) is 6.54 Å². The molecular formula is C16H20N2O2S. The lowest BCUT2D eigenvalue weighted by Gasteiger charge is -2.08. The van der Waals surface area contributed by atoms with Crippen molar-refractivity contribution in [2.24, 2.45) is 0 Å². The first-order valence-corrected chi connectivity index (χ1v) is 7.95. The fraction of sp³-hybridized carbons (Fsp3) is 0.438. The highest BCUT2D eigenvalue weighted by atomic mass is 32.1. The second-order valence-corrected chi connectivity index (χ2v) is 6.28. The number of ether oxygens (including phenoxy) is 2. The number of nitrogens with one attached hydrogen (secondary N) is 1. The fourth-order valence-corrected chi connectivity index (χ4v) is 3.60. The van der Waals surface area contributed by atoms with Crippen LogP contribution < -0.4 is 14.8 Å². The number of aromatic nitrogens is 1. The van der Waals surface area contributed by atoms with Crippen LogP contribution in [0.1, 0.15) is 29.3 Å². The minimum Gasteiger partial charge on any atom is -0.497 e. The van der Waals surface area contributed by atoms with Gasteiger partial charge < -0.3 is 14.8 Å². The zero-order valence-electron chi connectivity index (χ0n) is 12.6. The largest absolute Gasteiger partial charge is 0.497 e. The minimum absolute atomic E-state index is 0.648. The summed E-state index contributed by atoms with van der Waals surface area (Å²) in [4.78, 5) is 6.22. The van der Waals surface area contributed by atoms with Gasteiger partial charge in [-0.2, -0.15) is 0 Å². The molecule has 0 radical (unpaired) electrons. The van der Waals surface area contributed by atoms with Gasteiger partial charge in [-0.1, -0.05) is 0 Å². The van der Waals surface area contributed by atoms with E-state index in [1.54, 1.807) is 25.6 Å². The van der Waals surface area contributed by atoms with Crippen molar-refractivity contribution in [2.75, 3.05) is 21.3 Å². The van der Waals surface area contributed by atoms with Crippen molar-refractivity contribution >= 4 is 11.3 Å². The summed E-state index contributed by atoms with van der Waals surface area (Å²) in [6, 6.07) is 5.84. The second kappa shape index (κ2) is 6.03. The number of methoxy groups -OCH3 is 2. The van der Waals surface area contributed by atoms with Crippen molar-refractivity contribution in [3.8, 4) is 22.1 Å². The minimum atomic E-state index is 0.648. The van der Waals surface area contributed by atoms with E-state index in [0.29, 0.717) is 5.92 Å². The van der Waals surface area contributed by atoms with Gasteiger partial charge in [-0.15, -0.1) is 11.3 Å². The first-order chi connectivity index (χ1) is 10.3. The molecule has 112 valence electrons. The van der Waals surface area contributed by atoms with Gasteiger partial charge >= 0.3 is 0 Å². The van der Waals surface area contributed by atoms with Gasteiger partial charge in [0.15, 0.2) is 0 Å². The highest BCUT2D eigenvalue weighted by Gasteiger charge is 2.30. The highest BCUT2D eigenvalue weighted by molar-refractivity contribution is 7.15. The summed E-state index contributed by atoms with van der Waals surface area (Å²) in [7, 11) is 5.34. The maximum Gasteiger partial charge on any atom is 0.129 e. The molecule has 5 heteroatoms. The van der Waals surface area contributed by atoms with Crippen LogP contribution in [0.25, 0.3) is 10.6 Å². The van der Waals surface area contributed by atoms with Gasteiger partial charge in [-0.05, 0) is 38.1 Å². The van der Waals surface area contributed by atoms with Crippen LogP contribution in [0.4, 0.5) is 0 Å². The molecule has 1 fully saturated rings. The van der Waals surface area contributed by atoms with Crippen LogP contribution in [-0.4, -0.2) is 26.3 Å². The van der Waals surface area contributed by atoms with Crippen molar-refractivity contribution in [3.63, 3.8) is 0 Å². The molecule has 1 heterocycles. The van der Waals surface area contributed by atoms with Crippen molar-refractivity contribution in [1.29, 1.82) is 0 Å². The molecular weight excluding hydrogens is 284 g/mol. The van der Waals surface area contributed by atoms with Gasteiger partial charge in [0.1, 0.15) is 16.5 Å². The summed E-state index contributed by atoms with van der Waals surface area (Å²) >= 11 is 1.75. The van der Waals surface area contributed by atoms with E-state index >= 15 is 0 Å². The molecule has 1 aromatic heterocycles. The van der Waals surface area contributed by atoms with Gasteiger partial charge in [0.05, 0.1) is 25.5 Å². The van der Waals surface area contributed by atoms with Crippen molar-refractivity contribution < 1.29 is 9.47 Å². The third-order valence-electron chi connectivity index (χ3n) is 3.67. The summed E-state index contributed by atoms with van der Waals surface area (Å²) in [5.41, 5.74) is 2.26. The van der Waals surface area contributed by atoms with Crippen LogP contribution in [0.2, 0.25) is 0 Å². The number of hydrogen-bond donors (Lipinski definition) is 1. The first kappa shape index (κ1) is 14.4. The molecule has 2 aromatic rings. The standard InChI is InChI=1S/C16H20N2O2S/c1-17-9-14-15(10-4-5-10)18-16(21-14)12-8-11(19-2)6-7-13(12)20-3/h6-8,10,17H,4-5,9H2,1-3H3. The molecule has 0 bridgehead atoms. The molecule has 0 atom stereocenters. The van der Waals surface area contributed by atoms with Crippen LogP contribution in [0.15, 0.2) is 18.2 Å². The Morgan fingerprint density at radius 2 is 2.10 bits per heavy atom. The fourth-order valence-electron chi connectivity index (χ4n) is 2.42. The van der Waals surface area contributed by atoms with Crippen LogP contribution in [0.5, 0.6) is 11.5 Å². The van der Waals surface area contributed by atoms with E-state index in [4.69, 9.17) is 14.5 Å². The molecule has 0 unspecified atom stereocenters. The van der Waals surface area contributed by atoms with Crippen LogP contribution in [0, 0.1) is 0 Å². The van der Waals surface area contributed by atoms with Gasteiger partial charge in [-0.25, -0.2) is 4.98 Å². The number of nitrogens with zero attached hydrogens (tertiary/aromatic N) is 1. The zero-order chi connectivity index (χ0) is 14.8. The topological polar surface area (TPSA) is 43.4 Å². The van der Waals surface area contributed by atoms with Crippen LogP contribution in [0.3, 0.4) is 0 Å². The Balaban J connectivity index is 2.04. The summed E-state index contributed by atoms with van der Waals surface area (Å²) in [6.07, 6.45) is 2.52. The Labute approximate surface area is 129 Å². The molecule has 4 nitrogen and oxygen atoms in total. The molecule has 0 aliphatic heterocycles. The van der Waals surface area contributed by atoms with E-state index in [1.807, 2.05) is 25.2 Å². The smallest absolute Gasteiger partial charge is 0.129 e. The zero-order valence-corrected chi connectivity index (χ0v) is 13.4. The lowest BCUT2D eigenvalue weighted by molar-refractivity contribution is 0.404. The third kappa shape index (κ3) is 2.89. The number of rotatable bonds is 6. The van der Waals surface area contributed by atoms with E-state index in [0.717, 1.165) is 28.6 Å². The number of benzene rings is 1. The number of thiazole rings is 1. The van der Waals surface area contributed by atoms with E-state index in [2.05, 4.69) is 5.32 Å². The Bertz CT molecular complexity index is 635. The molecule has 1 aliphatic rings. The molecule has 1 aromatic carbocycles. The molecule has 0 spiro atoms. The van der Waals surface area contributed by atoms with Crippen molar-refractivity contribution in [1.82, 2.24) is 10.3 Å². The maximum atomic E-state index is 5.48. The van der Waals surface area contributed by atoms with E-state index in [1.165, 1.54) is 23.4 Å². The lowest BCUT2D eigenvalue weighted by Crippen LogP contribution is -2.05. The lowest BCUT2D eigenvalue weighted by atomic mass is 10.2. The average molecular weight is 304 g/mol. The molecule has 3 rings (SSSR count). The molecule has 1 saturated carbocycles. The van der Waals surface area contributed by atoms with E-state index < -0.39 is 0 Å². The van der Waals surface area contributed by atoms with Gasteiger partial charge in [0, 0.05) is 17.3 Å². The second-order valence-electron chi connectivity index (χ2n) is 5.20. The normalized spacial score (nSPS) is 14.2. The molecule has 0 saturated heterocycles. The third-order valence-corrected chi connectivity index (χ3v) is 4.77. The van der Waals surface area contributed by atoms with Crippen molar-refractivity contribution in [2.45, 2.75) is 25.3 Å². The summed E-state index contributed by atoms with van der Waals surface area (Å²) in [5, 5.41) is 4.25. The van der Waals surface area contributed by atoms with Crippen molar-refractivity contribution in [3.05, 3.63) is 28.8 Å². The van der Waals surface area contributed by atoms with Gasteiger partial charge in [0.25, 0.3) is 0 Å². The Hall–Kier alpha value is -1.59. The summed E-state index contributed by atoms with van der Waals surface area (Å²) in [5.74, 6) is 2.31. The van der Waals surface area contributed by atoms with Crippen LogP contribution >= 0.6 is 11.3 Å². The average Bonchev–Trinajstić information content (AvgIpc) is 3.28. The predicted octanol–water partition coefficient (Wildman–Crippen LogP) is 3.42. The van der Waals surface area contributed by atoms with Gasteiger partial charge in [-0.3, -0.25) is 0 Å². The SMILES string of the molecule is CNCc1sc(-c2cc(OC)ccc2OC)nc1C1CC1. The van der Waals surface area contributed by atoms with E-state index in [9.17, 15) is 0 Å². The molecule has 1 N–H and O–H groups in total. The number of hydrogen-bond acceptors (Lipinski definition) is 5.